The molecule has 2 unspecified atom stereocenters. The molecule has 3 nitrogen and oxygen atoms in total. The molecule has 0 fully saturated rings. The molecule has 1 aromatic rings. The summed E-state index contributed by atoms with van der Waals surface area (Å²) in [7, 11) is 0. The number of halogens is 1. The molecular weight excluding hydrogens is 256 g/mol. The molecule has 0 aliphatic rings. The normalized spacial score (nSPS) is 14.9. The number of pyridine rings is 1. The van der Waals surface area contributed by atoms with Crippen molar-refractivity contribution >= 4 is 15.9 Å². The lowest BCUT2D eigenvalue weighted by Crippen LogP contribution is -2.36. The lowest BCUT2D eigenvalue weighted by molar-refractivity contribution is 0.0577. The molecule has 15 heavy (non-hydrogen) atoms. The molecule has 0 spiro atoms. The summed E-state index contributed by atoms with van der Waals surface area (Å²) in [6.45, 7) is 4.68. The number of nitrogens with two attached hydrogens (primary N) is 1. The van der Waals surface area contributed by atoms with Gasteiger partial charge < -0.3 is 10.5 Å². The van der Waals surface area contributed by atoms with Gasteiger partial charge in [0.1, 0.15) is 0 Å². The molecule has 2 N–H and O–H groups in total. The van der Waals surface area contributed by atoms with E-state index in [9.17, 15) is 0 Å². The fourth-order valence-corrected chi connectivity index (χ4v) is 1.80. The highest BCUT2D eigenvalue weighted by Gasteiger charge is 2.13. The highest BCUT2D eigenvalue weighted by molar-refractivity contribution is 9.10. The molecule has 0 amide bonds. The van der Waals surface area contributed by atoms with Crippen LogP contribution in [0.1, 0.15) is 19.4 Å². The van der Waals surface area contributed by atoms with Gasteiger partial charge >= 0.3 is 0 Å². The van der Waals surface area contributed by atoms with Crippen molar-refractivity contribution < 1.29 is 4.74 Å². The van der Waals surface area contributed by atoms with Gasteiger partial charge in [-0.2, -0.15) is 0 Å². The second kappa shape index (κ2) is 6.20. The molecule has 0 bridgehead atoms. The van der Waals surface area contributed by atoms with E-state index in [0.717, 1.165) is 16.5 Å². The van der Waals surface area contributed by atoms with Crippen molar-refractivity contribution in [2.75, 3.05) is 6.61 Å². The van der Waals surface area contributed by atoms with Crippen LogP contribution in [-0.4, -0.2) is 23.7 Å². The monoisotopic (exact) mass is 272 g/mol. The van der Waals surface area contributed by atoms with Crippen molar-refractivity contribution in [1.29, 1.82) is 0 Å². The van der Waals surface area contributed by atoms with Crippen LogP contribution in [0.25, 0.3) is 0 Å². The SMILES string of the molecule is CCOC(C)C(N)Cc1cncc(Br)c1. The quantitative estimate of drug-likeness (QED) is 0.894. The second-order valence-electron chi connectivity index (χ2n) is 3.54. The summed E-state index contributed by atoms with van der Waals surface area (Å²) < 4.78 is 6.43. The molecule has 2 atom stereocenters. The maximum absolute atomic E-state index is 6.02. The Balaban J connectivity index is 2.54. The highest BCUT2D eigenvalue weighted by atomic mass is 79.9. The minimum Gasteiger partial charge on any atom is -0.377 e. The van der Waals surface area contributed by atoms with Gasteiger partial charge in [-0.15, -0.1) is 0 Å². The van der Waals surface area contributed by atoms with Crippen LogP contribution in [-0.2, 0) is 11.2 Å². The van der Waals surface area contributed by atoms with E-state index in [1.807, 2.05) is 26.1 Å². The van der Waals surface area contributed by atoms with E-state index in [4.69, 9.17) is 10.5 Å². The topological polar surface area (TPSA) is 48.1 Å². The van der Waals surface area contributed by atoms with Crippen LogP contribution < -0.4 is 5.73 Å². The molecule has 1 heterocycles. The van der Waals surface area contributed by atoms with Crippen molar-refractivity contribution in [3.05, 3.63) is 28.5 Å². The van der Waals surface area contributed by atoms with Crippen LogP contribution in [0.4, 0.5) is 0 Å². The number of hydrogen-bond donors (Lipinski definition) is 1. The predicted octanol–water partition coefficient (Wildman–Crippen LogP) is 2.14. The molecule has 0 saturated carbocycles. The van der Waals surface area contributed by atoms with Gasteiger partial charge in [-0.05, 0) is 47.8 Å². The minimum absolute atomic E-state index is 0.0149. The van der Waals surface area contributed by atoms with E-state index in [1.54, 1.807) is 6.20 Å². The van der Waals surface area contributed by atoms with Gasteiger partial charge in [0.05, 0.1) is 6.10 Å². The molecule has 4 heteroatoms. The van der Waals surface area contributed by atoms with E-state index in [2.05, 4.69) is 20.9 Å². The van der Waals surface area contributed by atoms with Gasteiger partial charge in [0.25, 0.3) is 0 Å². The lowest BCUT2D eigenvalue weighted by atomic mass is 10.0. The molecule has 0 saturated heterocycles. The molecule has 0 aliphatic heterocycles. The summed E-state index contributed by atoms with van der Waals surface area (Å²) in [6.07, 6.45) is 4.46. The molecule has 84 valence electrons. The summed E-state index contributed by atoms with van der Waals surface area (Å²) in [5.41, 5.74) is 7.15. The van der Waals surface area contributed by atoms with E-state index < -0.39 is 0 Å². The van der Waals surface area contributed by atoms with E-state index in [1.165, 1.54) is 0 Å². The van der Waals surface area contributed by atoms with Crippen molar-refractivity contribution in [2.45, 2.75) is 32.4 Å². The van der Waals surface area contributed by atoms with Crippen LogP contribution in [0.5, 0.6) is 0 Å². The molecule has 1 aromatic heterocycles. The van der Waals surface area contributed by atoms with Gasteiger partial charge in [0.2, 0.25) is 0 Å². The summed E-state index contributed by atoms with van der Waals surface area (Å²) in [5.74, 6) is 0. The number of ether oxygens (including phenoxy) is 1. The van der Waals surface area contributed by atoms with E-state index >= 15 is 0 Å². The van der Waals surface area contributed by atoms with Gasteiger partial charge in [-0.3, -0.25) is 4.98 Å². The first kappa shape index (κ1) is 12.6. The van der Waals surface area contributed by atoms with Crippen LogP contribution in [0.2, 0.25) is 0 Å². The Morgan fingerprint density at radius 1 is 1.53 bits per heavy atom. The van der Waals surface area contributed by atoms with Crippen LogP contribution in [0.3, 0.4) is 0 Å². The average molecular weight is 273 g/mol. The van der Waals surface area contributed by atoms with Crippen molar-refractivity contribution in [1.82, 2.24) is 4.98 Å². The molecule has 0 radical (unpaired) electrons. The Hall–Kier alpha value is -0.450. The first-order valence-electron chi connectivity index (χ1n) is 5.10. The Kier molecular flexibility index (Phi) is 5.22. The Bertz CT molecular complexity index is 306. The van der Waals surface area contributed by atoms with Gasteiger partial charge in [-0.1, -0.05) is 0 Å². The third-order valence-corrected chi connectivity index (χ3v) is 2.70. The maximum atomic E-state index is 6.02. The highest BCUT2D eigenvalue weighted by Crippen LogP contribution is 2.12. The Morgan fingerprint density at radius 2 is 2.27 bits per heavy atom. The van der Waals surface area contributed by atoms with Crippen molar-refractivity contribution in [3.8, 4) is 0 Å². The first-order valence-corrected chi connectivity index (χ1v) is 5.89. The second-order valence-corrected chi connectivity index (χ2v) is 4.46. The number of rotatable bonds is 5. The predicted molar refractivity (Wildman–Crippen MR) is 64.7 cm³/mol. The zero-order chi connectivity index (χ0) is 11.3. The Morgan fingerprint density at radius 3 is 2.87 bits per heavy atom. The molecule has 0 aromatic carbocycles. The average Bonchev–Trinajstić information content (AvgIpc) is 2.18. The Labute approximate surface area is 99.2 Å². The zero-order valence-electron chi connectivity index (χ0n) is 9.11. The standard InChI is InChI=1S/C11H17BrN2O/c1-3-15-8(2)11(13)5-9-4-10(12)7-14-6-9/h4,6-8,11H,3,5,13H2,1-2H3. The van der Waals surface area contributed by atoms with Gasteiger partial charge in [0, 0.05) is 29.5 Å². The van der Waals surface area contributed by atoms with Gasteiger partial charge in [0.15, 0.2) is 0 Å². The van der Waals surface area contributed by atoms with Crippen LogP contribution in [0, 0.1) is 0 Å². The van der Waals surface area contributed by atoms with E-state index in [-0.39, 0.29) is 12.1 Å². The largest absolute Gasteiger partial charge is 0.377 e. The summed E-state index contributed by atoms with van der Waals surface area (Å²) in [5, 5.41) is 0. The molecular formula is C11H17BrN2O. The van der Waals surface area contributed by atoms with Crippen molar-refractivity contribution in [3.63, 3.8) is 0 Å². The summed E-state index contributed by atoms with van der Waals surface area (Å²) in [6, 6.07) is 2.05. The third-order valence-electron chi connectivity index (χ3n) is 2.27. The van der Waals surface area contributed by atoms with E-state index in [0.29, 0.717) is 6.61 Å². The first-order chi connectivity index (χ1) is 7.13. The summed E-state index contributed by atoms with van der Waals surface area (Å²) in [4.78, 5) is 4.10. The summed E-state index contributed by atoms with van der Waals surface area (Å²) >= 11 is 3.39. The zero-order valence-corrected chi connectivity index (χ0v) is 10.7. The van der Waals surface area contributed by atoms with Crippen molar-refractivity contribution in [2.24, 2.45) is 5.73 Å². The fourth-order valence-electron chi connectivity index (χ4n) is 1.39. The lowest BCUT2D eigenvalue weighted by Gasteiger charge is -2.19. The minimum atomic E-state index is 0.0149. The van der Waals surface area contributed by atoms with Gasteiger partial charge in [-0.25, -0.2) is 0 Å². The third kappa shape index (κ3) is 4.28. The maximum Gasteiger partial charge on any atom is 0.0700 e. The smallest absolute Gasteiger partial charge is 0.0700 e. The van der Waals surface area contributed by atoms with Crippen LogP contribution >= 0.6 is 15.9 Å². The molecule has 0 aliphatic carbocycles. The fraction of sp³-hybridized carbons (Fsp3) is 0.545. The number of hydrogen-bond acceptors (Lipinski definition) is 3. The number of aromatic nitrogens is 1. The van der Waals surface area contributed by atoms with Crippen LogP contribution in [0.15, 0.2) is 22.9 Å². The number of nitrogens with zero attached hydrogens (tertiary/aromatic N) is 1. The molecule has 1 rings (SSSR count).